The molecule has 4 aromatic rings. The van der Waals surface area contributed by atoms with E-state index in [1.165, 1.54) is 54.7 Å². The van der Waals surface area contributed by atoms with Crippen LogP contribution in [0.2, 0.25) is 0 Å². The second-order valence-corrected chi connectivity index (χ2v) is 12.2. The molecule has 38 heavy (non-hydrogen) atoms. The zero-order valence-electron chi connectivity index (χ0n) is 23.1. The second kappa shape index (κ2) is 12.8. The van der Waals surface area contributed by atoms with Gasteiger partial charge in [-0.05, 0) is 56.7 Å². The Morgan fingerprint density at radius 2 is 1.61 bits per heavy atom. The average molecular weight is 528 g/mol. The number of fused-ring (bicyclic) bond motifs is 1. The monoisotopic (exact) mass is 527 g/mol. The number of aryl methyl sites for hydroxylation is 2. The predicted octanol–water partition coefficient (Wildman–Crippen LogP) is 7.09. The van der Waals surface area contributed by atoms with Crippen LogP contribution < -0.4 is 10.2 Å². The van der Waals surface area contributed by atoms with E-state index in [9.17, 15) is 0 Å². The Hall–Kier alpha value is -2.83. The van der Waals surface area contributed by atoms with Gasteiger partial charge in [-0.2, -0.15) is 0 Å². The highest BCUT2D eigenvalue weighted by Crippen LogP contribution is 2.32. The maximum absolute atomic E-state index is 4.92. The number of para-hydroxylation sites is 1. The number of rotatable bonds is 11. The zero-order valence-corrected chi connectivity index (χ0v) is 23.9. The van der Waals surface area contributed by atoms with Gasteiger partial charge in [0.25, 0.3) is 0 Å². The third kappa shape index (κ3) is 6.78. The van der Waals surface area contributed by atoms with Gasteiger partial charge >= 0.3 is 0 Å². The summed E-state index contributed by atoms with van der Waals surface area (Å²) in [7, 11) is 4.13. The van der Waals surface area contributed by atoms with E-state index in [-0.39, 0.29) is 0 Å². The summed E-state index contributed by atoms with van der Waals surface area (Å²) in [6.45, 7) is 4.35. The molecule has 1 fully saturated rings. The molecule has 0 unspecified atom stereocenters. The molecule has 0 bridgehead atoms. The zero-order chi connectivity index (χ0) is 26.3. The third-order valence-corrected chi connectivity index (χ3v) is 8.98. The van der Waals surface area contributed by atoms with E-state index < -0.39 is 0 Å². The molecule has 5 nitrogen and oxygen atoms in total. The lowest BCUT2D eigenvalue weighted by Crippen LogP contribution is -2.28. The van der Waals surface area contributed by atoms with E-state index in [0.29, 0.717) is 0 Å². The molecule has 2 aromatic carbocycles. The number of hydrogen-bond acceptors (Lipinski definition) is 6. The molecule has 2 heterocycles. The maximum Gasteiger partial charge on any atom is 0.139 e. The van der Waals surface area contributed by atoms with Crippen molar-refractivity contribution in [3.05, 3.63) is 71.0 Å². The van der Waals surface area contributed by atoms with Gasteiger partial charge in [-0.3, -0.25) is 0 Å². The van der Waals surface area contributed by atoms with Crippen molar-refractivity contribution in [3.63, 3.8) is 0 Å². The Kier molecular flexibility index (Phi) is 9.02. The van der Waals surface area contributed by atoms with Crippen LogP contribution in [0.1, 0.15) is 54.9 Å². The molecular formula is C32H41N5S. The fourth-order valence-corrected chi connectivity index (χ4v) is 6.68. The molecule has 0 aliphatic heterocycles. The highest BCUT2D eigenvalue weighted by atomic mass is 32.1. The number of hydrogen-bond donors (Lipinski definition) is 1. The normalized spacial score (nSPS) is 17.7. The molecule has 0 radical (unpaired) electrons. The topological polar surface area (TPSA) is 53.9 Å². The largest absolute Gasteiger partial charge is 0.362 e. The van der Waals surface area contributed by atoms with Crippen LogP contribution >= 0.6 is 11.3 Å². The van der Waals surface area contributed by atoms with E-state index in [1.807, 2.05) is 11.3 Å². The van der Waals surface area contributed by atoms with Crippen LogP contribution in [0.4, 0.5) is 5.82 Å². The molecule has 5 rings (SSSR count). The molecule has 200 valence electrons. The summed E-state index contributed by atoms with van der Waals surface area (Å²) in [5.74, 6) is 3.68. The number of nitrogens with zero attached hydrogens (tertiary/aromatic N) is 4. The minimum absolute atomic E-state index is 0.814. The number of anilines is 1. The first-order chi connectivity index (χ1) is 18.6. The van der Waals surface area contributed by atoms with E-state index in [0.717, 1.165) is 65.3 Å². The Morgan fingerprint density at radius 3 is 2.39 bits per heavy atom. The molecule has 1 aliphatic carbocycles. The van der Waals surface area contributed by atoms with Crippen LogP contribution in [-0.4, -0.2) is 42.1 Å². The van der Waals surface area contributed by atoms with Gasteiger partial charge in [-0.15, -0.1) is 11.3 Å². The van der Waals surface area contributed by atoms with Gasteiger partial charge in [0.15, 0.2) is 0 Å². The summed E-state index contributed by atoms with van der Waals surface area (Å²) in [6, 6.07) is 18.9. The van der Waals surface area contributed by atoms with Crippen LogP contribution in [-0.2, 0) is 12.8 Å². The van der Waals surface area contributed by atoms with Gasteiger partial charge in [0.1, 0.15) is 16.6 Å². The Morgan fingerprint density at radius 1 is 0.868 bits per heavy atom. The van der Waals surface area contributed by atoms with Crippen LogP contribution in [0.15, 0.2) is 54.6 Å². The molecule has 2 aromatic heterocycles. The number of aromatic nitrogens is 3. The third-order valence-electron chi connectivity index (χ3n) is 7.92. The van der Waals surface area contributed by atoms with Gasteiger partial charge < -0.3 is 10.2 Å². The summed E-state index contributed by atoms with van der Waals surface area (Å²) in [5, 5.41) is 6.00. The fourth-order valence-electron chi connectivity index (χ4n) is 5.71. The number of benzene rings is 2. The van der Waals surface area contributed by atoms with Gasteiger partial charge in [-0.25, -0.2) is 15.0 Å². The average Bonchev–Trinajstić information content (AvgIpc) is 3.32. The Bertz CT molecular complexity index is 1310. The molecule has 0 saturated heterocycles. The van der Waals surface area contributed by atoms with Gasteiger partial charge in [-0.1, -0.05) is 61.7 Å². The lowest BCUT2D eigenvalue weighted by molar-refractivity contribution is 0.254. The van der Waals surface area contributed by atoms with Crippen LogP contribution in [0.5, 0.6) is 0 Å². The Balaban J connectivity index is 1.01. The van der Waals surface area contributed by atoms with Crippen molar-refractivity contribution < 1.29 is 0 Å². The maximum atomic E-state index is 4.92. The van der Waals surface area contributed by atoms with E-state index in [1.54, 1.807) is 0 Å². The quantitative estimate of drug-likeness (QED) is 0.211. The van der Waals surface area contributed by atoms with Crippen LogP contribution in [0.25, 0.3) is 21.5 Å². The SMILES string of the molecule is Cc1sc(-c2ccccc2)nc1CCNCC1CCC(CCCc2nc(N(C)C)c3ccccc3n2)CC1. The van der Waals surface area contributed by atoms with Crippen LogP contribution in [0.3, 0.4) is 0 Å². The standard InChI is InChI=1S/C32H41N5S/c1-23-28(35-32(38-23)26-11-5-4-6-12-26)20-21-33-22-25-18-16-24(17-19-25)10-9-15-30-34-29-14-8-7-13-27(29)31(36-30)37(2)3/h4-8,11-14,24-25,33H,9-10,15-22H2,1-3H3. The summed E-state index contributed by atoms with van der Waals surface area (Å²) in [4.78, 5) is 18.1. The van der Waals surface area contributed by atoms with Crippen molar-refractivity contribution in [3.8, 4) is 10.6 Å². The van der Waals surface area contributed by atoms with Gasteiger partial charge in [0.2, 0.25) is 0 Å². The van der Waals surface area contributed by atoms with Crippen molar-refractivity contribution in [2.24, 2.45) is 11.8 Å². The molecule has 1 N–H and O–H groups in total. The van der Waals surface area contributed by atoms with Crippen molar-refractivity contribution in [1.29, 1.82) is 0 Å². The smallest absolute Gasteiger partial charge is 0.139 e. The lowest BCUT2D eigenvalue weighted by atomic mass is 9.80. The summed E-state index contributed by atoms with van der Waals surface area (Å²) < 4.78 is 0. The summed E-state index contributed by atoms with van der Waals surface area (Å²) >= 11 is 1.81. The first-order valence-electron chi connectivity index (χ1n) is 14.2. The molecule has 0 amide bonds. The van der Waals surface area contributed by atoms with E-state index >= 15 is 0 Å². The second-order valence-electron chi connectivity index (χ2n) is 11.0. The van der Waals surface area contributed by atoms with Crippen molar-refractivity contribution >= 4 is 28.1 Å². The first kappa shape index (κ1) is 26.8. The molecule has 0 atom stereocenters. The predicted molar refractivity (Wildman–Crippen MR) is 161 cm³/mol. The lowest BCUT2D eigenvalue weighted by Gasteiger charge is -2.28. The molecule has 0 spiro atoms. The highest BCUT2D eigenvalue weighted by molar-refractivity contribution is 7.15. The highest BCUT2D eigenvalue weighted by Gasteiger charge is 2.21. The van der Waals surface area contributed by atoms with Crippen molar-refractivity contribution in [2.75, 3.05) is 32.1 Å². The van der Waals surface area contributed by atoms with E-state index in [2.05, 4.69) is 85.8 Å². The van der Waals surface area contributed by atoms with Gasteiger partial charge in [0.05, 0.1) is 11.2 Å². The molecular weight excluding hydrogens is 486 g/mol. The van der Waals surface area contributed by atoms with Gasteiger partial charge in [0, 0.05) is 49.3 Å². The van der Waals surface area contributed by atoms with E-state index in [4.69, 9.17) is 15.0 Å². The first-order valence-corrected chi connectivity index (χ1v) is 15.0. The minimum Gasteiger partial charge on any atom is -0.362 e. The molecule has 1 aliphatic rings. The summed E-state index contributed by atoms with van der Waals surface area (Å²) in [5.41, 5.74) is 3.52. The molecule has 1 saturated carbocycles. The number of thiazole rings is 1. The summed E-state index contributed by atoms with van der Waals surface area (Å²) in [6.07, 6.45) is 9.87. The molecule has 6 heteroatoms. The van der Waals surface area contributed by atoms with Crippen LogP contribution in [0, 0.1) is 18.8 Å². The Labute approximate surface area is 231 Å². The fraction of sp³-hybridized carbons (Fsp3) is 0.469. The minimum atomic E-state index is 0.814. The van der Waals surface area contributed by atoms with Crippen molar-refractivity contribution in [2.45, 2.75) is 58.3 Å². The van der Waals surface area contributed by atoms with Crippen molar-refractivity contribution in [1.82, 2.24) is 20.3 Å². The number of nitrogens with one attached hydrogen (secondary N) is 1.